The van der Waals surface area contributed by atoms with Crippen LogP contribution in [0.1, 0.15) is 30.0 Å². The fourth-order valence-electron chi connectivity index (χ4n) is 3.04. The average Bonchev–Trinajstić information content (AvgIpc) is 2.69. The van der Waals surface area contributed by atoms with Crippen LogP contribution in [-0.2, 0) is 21.9 Å². The van der Waals surface area contributed by atoms with Crippen LogP contribution in [0.5, 0.6) is 0 Å². The van der Waals surface area contributed by atoms with E-state index in [1.165, 1.54) is 11.8 Å². The number of likely N-dealkylation sites (N-methyl/N-ethyl adjacent to an activating group) is 1. The van der Waals surface area contributed by atoms with Gasteiger partial charge in [0.25, 0.3) is 0 Å². The van der Waals surface area contributed by atoms with Crippen LogP contribution < -0.4 is 5.32 Å². The summed E-state index contributed by atoms with van der Waals surface area (Å²) in [6.07, 6.45) is 0.562. The lowest BCUT2D eigenvalue weighted by Crippen LogP contribution is -2.48. The molecule has 2 rings (SSSR count). The van der Waals surface area contributed by atoms with Crippen LogP contribution in [0.15, 0.2) is 48.5 Å². The molecule has 0 aliphatic rings. The number of aryl methyl sites for hydroxylation is 1. The predicted molar refractivity (Wildman–Crippen MR) is 117 cm³/mol. The molecule has 0 aromatic heterocycles. The SMILES string of the molecule is CC[C@@H](C(=O)NC)N(Cc1cccc(C)c1)C(=O)CSCc1ccccc1Cl. The highest BCUT2D eigenvalue weighted by Crippen LogP contribution is 2.22. The number of hydrogen-bond donors (Lipinski definition) is 1. The molecule has 6 heteroatoms. The van der Waals surface area contributed by atoms with Crippen molar-refractivity contribution < 1.29 is 9.59 Å². The highest BCUT2D eigenvalue weighted by molar-refractivity contribution is 7.99. The Morgan fingerprint density at radius 3 is 2.57 bits per heavy atom. The van der Waals surface area contributed by atoms with E-state index in [0.29, 0.717) is 29.5 Å². The van der Waals surface area contributed by atoms with Crippen LogP contribution in [0.3, 0.4) is 0 Å². The molecule has 0 heterocycles. The van der Waals surface area contributed by atoms with Crippen molar-refractivity contribution in [2.75, 3.05) is 12.8 Å². The van der Waals surface area contributed by atoms with Gasteiger partial charge in [-0.05, 0) is 30.5 Å². The van der Waals surface area contributed by atoms with Gasteiger partial charge < -0.3 is 10.2 Å². The molecule has 0 spiro atoms. The van der Waals surface area contributed by atoms with Crippen molar-refractivity contribution >= 4 is 35.2 Å². The number of nitrogens with one attached hydrogen (secondary N) is 1. The monoisotopic (exact) mass is 418 g/mol. The first-order chi connectivity index (χ1) is 13.5. The Morgan fingerprint density at radius 2 is 1.93 bits per heavy atom. The Labute approximate surface area is 176 Å². The van der Waals surface area contributed by atoms with Gasteiger partial charge in [0.1, 0.15) is 6.04 Å². The minimum absolute atomic E-state index is 0.0472. The molecule has 2 amide bonds. The van der Waals surface area contributed by atoms with E-state index >= 15 is 0 Å². The highest BCUT2D eigenvalue weighted by atomic mass is 35.5. The van der Waals surface area contributed by atoms with E-state index in [1.807, 2.05) is 62.4 Å². The van der Waals surface area contributed by atoms with Crippen LogP contribution in [0.2, 0.25) is 5.02 Å². The van der Waals surface area contributed by atoms with Crippen molar-refractivity contribution in [2.45, 2.75) is 38.6 Å². The second-order valence-electron chi connectivity index (χ2n) is 6.63. The summed E-state index contributed by atoms with van der Waals surface area (Å²) < 4.78 is 0. The number of hydrogen-bond acceptors (Lipinski definition) is 3. The maximum Gasteiger partial charge on any atom is 0.242 e. The van der Waals surface area contributed by atoms with E-state index in [-0.39, 0.29) is 11.8 Å². The van der Waals surface area contributed by atoms with E-state index in [4.69, 9.17) is 11.6 Å². The third-order valence-corrected chi connectivity index (χ3v) is 5.84. The Hall–Kier alpha value is -1.98. The van der Waals surface area contributed by atoms with Crippen molar-refractivity contribution in [1.29, 1.82) is 0 Å². The molecule has 0 aliphatic carbocycles. The number of amides is 2. The molecule has 2 aromatic carbocycles. The highest BCUT2D eigenvalue weighted by Gasteiger charge is 2.27. The van der Waals surface area contributed by atoms with Gasteiger partial charge in [0.05, 0.1) is 5.75 Å². The minimum Gasteiger partial charge on any atom is -0.357 e. The van der Waals surface area contributed by atoms with E-state index in [1.54, 1.807) is 11.9 Å². The van der Waals surface area contributed by atoms with E-state index in [9.17, 15) is 9.59 Å². The maximum absolute atomic E-state index is 13.0. The van der Waals surface area contributed by atoms with Crippen LogP contribution in [0.25, 0.3) is 0 Å². The predicted octanol–water partition coefficient (Wildman–Crippen LogP) is 4.44. The second kappa shape index (κ2) is 11.1. The van der Waals surface area contributed by atoms with Crippen LogP contribution in [0, 0.1) is 6.92 Å². The minimum atomic E-state index is -0.487. The Morgan fingerprint density at radius 1 is 1.18 bits per heavy atom. The molecule has 2 aromatic rings. The number of thioether (sulfide) groups is 1. The van der Waals surface area contributed by atoms with Crippen molar-refractivity contribution in [1.82, 2.24) is 10.2 Å². The van der Waals surface area contributed by atoms with E-state index in [0.717, 1.165) is 16.7 Å². The Kier molecular flexibility index (Phi) is 8.87. The molecular weight excluding hydrogens is 392 g/mol. The summed E-state index contributed by atoms with van der Waals surface area (Å²) in [7, 11) is 1.60. The molecule has 0 radical (unpaired) electrons. The molecule has 0 bridgehead atoms. The lowest BCUT2D eigenvalue weighted by atomic mass is 10.1. The molecule has 150 valence electrons. The molecule has 0 unspecified atom stereocenters. The number of carbonyl (C=O) groups is 2. The van der Waals surface area contributed by atoms with E-state index in [2.05, 4.69) is 5.32 Å². The van der Waals surface area contributed by atoms with Crippen molar-refractivity contribution in [3.63, 3.8) is 0 Å². The third-order valence-electron chi connectivity index (χ3n) is 4.51. The van der Waals surface area contributed by atoms with Gasteiger partial charge >= 0.3 is 0 Å². The van der Waals surface area contributed by atoms with Crippen molar-refractivity contribution in [2.24, 2.45) is 0 Å². The zero-order valence-electron chi connectivity index (χ0n) is 16.6. The first-order valence-electron chi connectivity index (χ1n) is 9.34. The van der Waals surface area contributed by atoms with Gasteiger partial charge in [0.15, 0.2) is 0 Å². The van der Waals surface area contributed by atoms with Gasteiger partial charge in [0, 0.05) is 24.4 Å². The average molecular weight is 419 g/mol. The van der Waals surface area contributed by atoms with Gasteiger partial charge in [0.2, 0.25) is 11.8 Å². The van der Waals surface area contributed by atoms with Gasteiger partial charge in [-0.15, -0.1) is 11.8 Å². The Balaban J connectivity index is 2.11. The summed E-state index contributed by atoms with van der Waals surface area (Å²) in [5.74, 6) is 0.763. The normalized spacial score (nSPS) is 11.7. The topological polar surface area (TPSA) is 49.4 Å². The quantitative estimate of drug-likeness (QED) is 0.655. The van der Waals surface area contributed by atoms with E-state index < -0.39 is 6.04 Å². The smallest absolute Gasteiger partial charge is 0.242 e. The summed E-state index contributed by atoms with van der Waals surface area (Å²) in [6, 6.07) is 15.2. The molecule has 28 heavy (non-hydrogen) atoms. The van der Waals surface area contributed by atoms with Crippen LogP contribution in [0.4, 0.5) is 0 Å². The Bertz CT molecular complexity index is 813. The van der Waals surface area contributed by atoms with Gasteiger partial charge in [-0.3, -0.25) is 9.59 Å². The lowest BCUT2D eigenvalue weighted by Gasteiger charge is -2.30. The first kappa shape index (κ1) is 22.3. The first-order valence-corrected chi connectivity index (χ1v) is 10.9. The molecule has 0 fully saturated rings. The maximum atomic E-state index is 13.0. The molecule has 4 nitrogen and oxygen atoms in total. The largest absolute Gasteiger partial charge is 0.357 e. The van der Waals surface area contributed by atoms with Crippen molar-refractivity contribution in [3.8, 4) is 0 Å². The summed E-state index contributed by atoms with van der Waals surface area (Å²) in [6.45, 7) is 4.36. The number of benzene rings is 2. The number of rotatable bonds is 9. The summed E-state index contributed by atoms with van der Waals surface area (Å²) >= 11 is 7.71. The van der Waals surface area contributed by atoms with Gasteiger partial charge in [-0.1, -0.05) is 66.6 Å². The second-order valence-corrected chi connectivity index (χ2v) is 8.03. The summed E-state index contributed by atoms with van der Waals surface area (Å²) in [5, 5.41) is 3.39. The van der Waals surface area contributed by atoms with Crippen LogP contribution in [-0.4, -0.2) is 35.6 Å². The number of nitrogens with zero attached hydrogens (tertiary/aromatic N) is 1. The molecular formula is C22H27ClN2O2S. The van der Waals surface area contributed by atoms with Gasteiger partial charge in [-0.2, -0.15) is 0 Å². The molecule has 0 saturated heterocycles. The number of halogens is 1. The fourth-order valence-corrected chi connectivity index (χ4v) is 4.24. The van der Waals surface area contributed by atoms with Crippen molar-refractivity contribution in [3.05, 3.63) is 70.2 Å². The summed E-state index contributed by atoms with van der Waals surface area (Å²) in [5.41, 5.74) is 3.16. The molecule has 1 N–H and O–H groups in total. The standard InChI is InChI=1S/C22H27ClN2O2S/c1-4-20(22(27)24-3)25(13-17-9-7-8-16(2)12-17)21(26)15-28-14-18-10-5-6-11-19(18)23/h5-12,20H,4,13-15H2,1-3H3,(H,24,27)/t20-/m0/s1. The third kappa shape index (κ3) is 6.28. The molecule has 0 saturated carbocycles. The molecule has 1 atom stereocenters. The molecule has 0 aliphatic heterocycles. The zero-order chi connectivity index (χ0) is 20.5. The lowest BCUT2D eigenvalue weighted by molar-refractivity contribution is -0.139. The summed E-state index contributed by atoms with van der Waals surface area (Å²) in [4.78, 5) is 27.1. The number of carbonyl (C=O) groups excluding carboxylic acids is 2. The fraction of sp³-hybridized carbons (Fsp3) is 0.364. The zero-order valence-corrected chi connectivity index (χ0v) is 18.1. The van der Waals surface area contributed by atoms with Gasteiger partial charge in [-0.25, -0.2) is 0 Å². The van der Waals surface area contributed by atoms with Crippen LogP contribution >= 0.6 is 23.4 Å².